The van der Waals surface area contributed by atoms with Crippen LogP contribution in [0, 0.1) is 0 Å². The third-order valence-corrected chi connectivity index (χ3v) is 4.32. The summed E-state index contributed by atoms with van der Waals surface area (Å²) in [5.41, 5.74) is -0.421. The number of hydrogen-bond acceptors (Lipinski definition) is 5. The topological polar surface area (TPSA) is 54.0 Å². The molecule has 0 aliphatic carbocycles. The molecule has 0 aromatic heterocycles. The van der Waals surface area contributed by atoms with Gasteiger partial charge in [0.25, 0.3) is 0 Å². The molecule has 0 bridgehead atoms. The van der Waals surface area contributed by atoms with Crippen molar-refractivity contribution in [1.29, 1.82) is 0 Å². The van der Waals surface area contributed by atoms with Gasteiger partial charge in [0.1, 0.15) is 5.60 Å². The SMILES string of the molecule is CC(C)(C)OC(=O)N1CCCC1CNCCCN1CCOCC1. The molecule has 0 saturated carbocycles. The summed E-state index contributed by atoms with van der Waals surface area (Å²) in [6.45, 7) is 13.4. The molecular weight excluding hydrogens is 294 g/mol. The Kier molecular flexibility index (Phi) is 7.11. The molecule has 0 aromatic rings. The van der Waals surface area contributed by atoms with Crippen LogP contribution in [-0.2, 0) is 9.47 Å². The zero-order valence-corrected chi connectivity index (χ0v) is 15.0. The van der Waals surface area contributed by atoms with Gasteiger partial charge in [-0.1, -0.05) is 0 Å². The second-order valence-electron chi connectivity index (χ2n) is 7.48. The molecule has 2 heterocycles. The lowest BCUT2D eigenvalue weighted by molar-refractivity contribution is 0.0226. The first kappa shape index (κ1) is 18.5. The molecular formula is C17H33N3O3. The van der Waals surface area contributed by atoms with Gasteiger partial charge in [0.05, 0.1) is 13.2 Å². The second-order valence-corrected chi connectivity index (χ2v) is 7.48. The molecule has 0 aromatic carbocycles. The molecule has 2 aliphatic rings. The minimum absolute atomic E-state index is 0.171. The Morgan fingerprint density at radius 3 is 2.70 bits per heavy atom. The summed E-state index contributed by atoms with van der Waals surface area (Å²) in [7, 11) is 0. The van der Waals surface area contributed by atoms with Crippen LogP contribution in [0.2, 0.25) is 0 Å². The van der Waals surface area contributed by atoms with Gasteiger partial charge in [0.15, 0.2) is 0 Å². The van der Waals surface area contributed by atoms with Crippen molar-refractivity contribution in [3.63, 3.8) is 0 Å². The predicted octanol–water partition coefficient (Wildman–Crippen LogP) is 1.70. The van der Waals surface area contributed by atoms with E-state index in [2.05, 4.69) is 10.2 Å². The van der Waals surface area contributed by atoms with E-state index in [1.807, 2.05) is 25.7 Å². The molecule has 2 aliphatic heterocycles. The first-order valence-corrected chi connectivity index (χ1v) is 8.96. The molecule has 2 fully saturated rings. The third kappa shape index (κ3) is 6.65. The normalized spacial score (nSPS) is 23.3. The molecule has 1 amide bonds. The molecule has 1 N–H and O–H groups in total. The van der Waals surface area contributed by atoms with Crippen LogP contribution in [-0.4, -0.2) is 80.0 Å². The Morgan fingerprint density at radius 2 is 2.00 bits per heavy atom. The molecule has 23 heavy (non-hydrogen) atoms. The van der Waals surface area contributed by atoms with E-state index in [0.29, 0.717) is 0 Å². The number of ether oxygens (including phenoxy) is 2. The molecule has 0 radical (unpaired) electrons. The van der Waals surface area contributed by atoms with E-state index in [-0.39, 0.29) is 12.1 Å². The van der Waals surface area contributed by atoms with Gasteiger partial charge in [0, 0.05) is 32.2 Å². The van der Waals surface area contributed by atoms with Crippen LogP contribution < -0.4 is 5.32 Å². The summed E-state index contributed by atoms with van der Waals surface area (Å²) in [4.78, 5) is 16.6. The van der Waals surface area contributed by atoms with Crippen molar-refractivity contribution in [3.8, 4) is 0 Å². The number of hydrogen-bond donors (Lipinski definition) is 1. The number of carbonyl (C=O) groups excluding carboxylic acids is 1. The zero-order chi connectivity index (χ0) is 16.7. The van der Waals surface area contributed by atoms with Crippen LogP contribution in [0.5, 0.6) is 0 Å². The van der Waals surface area contributed by atoms with Gasteiger partial charge in [-0.2, -0.15) is 0 Å². The standard InChI is InChI=1S/C17H33N3O3/c1-17(2,3)23-16(21)20-9-4-6-15(20)14-18-7-5-8-19-10-12-22-13-11-19/h15,18H,4-14H2,1-3H3. The second kappa shape index (κ2) is 8.85. The van der Waals surface area contributed by atoms with Crippen molar-refractivity contribution in [2.45, 2.75) is 51.7 Å². The van der Waals surface area contributed by atoms with Gasteiger partial charge in [-0.25, -0.2) is 4.79 Å². The van der Waals surface area contributed by atoms with Crippen molar-refractivity contribution < 1.29 is 14.3 Å². The molecule has 134 valence electrons. The fraction of sp³-hybridized carbons (Fsp3) is 0.941. The summed E-state index contributed by atoms with van der Waals surface area (Å²) in [5.74, 6) is 0. The Hall–Kier alpha value is -0.850. The van der Waals surface area contributed by atoms with Crippen molar-refractivity contribution in [3.05, 3.63) is 0 Å². The maximum atomic E-state index is 12.2. The molecule has 2 saturated heterocycles. The highest BCUT2D eigenvalue weighted by Crippen LogP contribution is 2.20. The van der Waals surface area contributed by atoms with E-state index >= 15 is 0 Å². The van der Waals surface area contributed by atoms with Gasteiger partial charge in [0.2, 0.25) is 0 Å². The van der Waals surface area contributed by atoms with Crippen LogP contribution in [0.25, 0.3) is 0 Å². The fourth-order valence-corrected chi connectivity index (χ4v) is 3.13. The van der Waals surface area contributed by atoms with Crippen LogP contribution in [0.15, 0.2) is 0 Å². The Morgan fingerprint density at radius 1 is 1.26 bits per heavy atom. The minimum atomic E-state index is -0.421. The summed E-state index contributed by atoms with van der Waals surface area (Å²) >= 11 is 0. The van der Waals surface area contributed by atoms with E-state index in [1.54, 1.807) is 0 Å². The largest absolute Gasteiger partial charge is 0.444 e. The smallest absolute Gasteiger partial charge is 0.410 e. The number of likely N-dealkylation sites (tertiary alicyclic amines) is 1. The quantitative estimate of drug-likeness (QED) is 0.753. The van der Waals surface area contributed by atoms with Crippen molar-refractivity contribution in [1.82, 2.24) is 15.1 Å². The van der Waals surface area contributed by atoms with Gasteiger partial charge in [-0.15, -0.1) is 0 Å². The lowest BCUT2D eigenvalue weighted by Gasteiger charge is -2.29. The van der Waals surface area contributed by atoms with Gasteiger partial charge in [-0.05, 0) is 53.1 Å². The Balaban J connectivity index is 1.61. The number of rotatable bonds is 6. The summed E-state index contributed by atoms with van der Waals surface area (Å²) in [6, 6.07) is 0.272. The van der Waals surface area contributed by atoms with Crippen molar-refractivity contribution >= 4 is 6.09 Å². The lowest BCUT2D eigenvalue weighted by atomic mass is 10.2. The summed E-state index contributed by atoms with van der Waals surface area (Å²) in [5, 5.41) is 3.51. The maximum absolute atomic E-state index is 12.2. The first-order chi connectivity index (χ1) is 11.0. The molecule has 0 spiro atoms. The number of carbonyl (C=O) groups is 1. The average molecular weight is 327 g/mol. The Labute approximate surface area is 140 Å². The summed E-state index contributed by atoms with van der Waals surface area (Å²) < 4.78 is 10.9. The molecule has 1 atom stereocenters. The average Bonchev–Trinajstić information content (AvgIpc) is 2.95. The van der Waals surface area contributed by atoms with Crippen molar-refractivity contribution in [2.75, 3.05) is 52.5 Å². The lowest BCUT2D eigenvalue weighted by Crippen LogP contribution is -2.44. The molecule has 6 nitrogen and oxygen atoms in total. The first-order valence-electron chi connectivity index (χ1n) is 8.96. The monoisotopic (exact) mass is 327 g/mol. The highest BCUT2D eigenvalue weighted by Gasteiger charge is 2.31. The number of morpholine rings is 1. The Bertz CT molecular complexity index is 365. The number of amides is 1. The summed E-state index contributed by atoms with van der Waals surface area (Å²) in [6.07, 6.45) is 3.10. The highest BCUT2D eigenvalue weighted by molar-refractivity contribution is 5.69. The van der Waals surface area contributed by atoms with Crippen LogP contribution >= 0.6 is 0 Å². The van der Waals surface area contributed by atoms with E-state index in [9.17, 15) is 4.79 Å². The van der Waals surface area contributed by atoms with E-state index < -0.39 is 5.60 Å². The van der Waals surface area contributed by atoms with Crippen LogP contribution in [0.1, 0.15) is 40.0 Å². The van der Waals surface area contributed by atoms with Gasteiger partial charge >= 0.3 is 6.09 Å². The zero-order valence-electron chi connectivity index (χ0n) is 15.0. The number of nitrogens with one attached hydrogen (secondary N) is 1. The highest BCUT2D eigenvalue weighted by atomic mass is 16.6. The van der Waals surface area contributed by atoms with Gasteiger partial charge < -0.3 is 19.7 Å². The predicted molar refractivity (Wildman–Crippen MR) is 90.7 cm³/mol. The maximum Gasteiger partial charge on any atom is 0.410 e. The molecule has 6 heteroatoms. The van der Waals surface area contributed by atoms with Crippen LogP contribution in [0.3, 0.4) is 0 Å². The molecule has 1 unspecified atom stereocenters. The fourth-order valence-electron chi connectivity index (χ4n) is 3.13. The molecule has 2 rings (SSSR count). The van der Waals surface area contributed by atoms with E-state index in [4.69, 9.17) is 9.47 Å². The number of nitrogens with zero attached hydrogens (tertiary/aromatic N) is 2. The van der Waals surface area contributed by atoms with Gasteiger partial charge in [-0.3, -0.25) is 4.90 Å². The van der Waals surface area contributed by atoms with E-state index in [0.717, 1.165) is 71.7 Å². The van der Waals surface area contributed by atoms with Crippen molar-refractivity contribution in [2.24, 2.45) is 0 Å². The van der Waals surface area contributed by atoms with E-state index in [1.165, 1.54) is 0 Å². The minimum Gasteiger partial charge on any atom is -0.444 e. The third-order valence-electron chi connectivity index (χ3n) is 4.32. The van der Waals surface area contributed by atoms with Crippen LogP contribution in [0.4, 0.5) is 4.79 Å².